The van der Waals surface area contributed by atoms with E-state index in [0.29, 0.717) is 16.3 Å². The van der Waals surface area contributed by atoms with E-state index in [9.17, 15) is 4.39 Å². The molecule has 0 spiro atoms. The Morgan fingerprint density at radius 3 is 1.95 bits per heavy atom. The summed E-state index contributed by atoms with van der Waals surface area (Å²) in [5.41, 5.74) is 20.2. The zero-order chi connectivity index (χ0) is 45.1. The van der Waals surface area contributed by atoms with Gasteiger partial charge in [-0.05, 0) is 79.8 Å². The second kappa shape index (κ2) is 18.4. The predicted molar refractivity (Wildman–Crippen MR) is 261 cm³/mol. The molecule has 0 amide bonds. The zero-order valence-corrected chi connectivity index (χ0v) is 41.8. The lowest BCUT2D eigenvalue weighted by Crippen LogP contribution is -3.00. The molecule has 5 aromatic rings. The summed E-state index contributed by atoms with van der Waals surface area (Å²) in [5.74, 6) is -0.00452. The van der Waals surface area contributed by atoms with Crippen LogP contribution in [-0.2, 0) is 10.8 Å². The third-order valence-electron chi connectivity index (χ3n) is 14.0. The second-order valence-electron chi connectivity index (χ2n) is 18.6. The molecule has 4 aliphatic rings. The Morgan fingerprint density at radius 1 is 0.815 bits per heavy atom. The Bertz CT molecular complexity index is 2710. The predicted octanol–water partition coefficient (Wildman–Crippen LogP) is 9.57. The lowest BCUT2D eigenvalue weighted by atomic mass is 9.82. The van der Waals surface area contributed by atoms with Gasteiger partial charge in [0.1, 0.15) is 25.0 Å². The summed E-state index contributed by atoms with van der Waals surface area (Å²) in [6, 6.07) is 22.3. The average Bonchev–Trinajstić information content (AvgIpc) is 3.91. The molecule has 8 nitrogen and oxygen atoms in total. The minimum absolute atomic E-state index is 0. The molecule has 1 atom stereocenters. The summed E-state index contributed by atoms with van der Waals surface area (Å²) in [7, 11) is 4.40. The van der Waals surface area contributed by atoms with Crippen molar-refractivity contribution in [1.29, 1.82) is 0 Å². The van der Waals surface area contributed by atoms with E-state index in [4.69, 9.17) is 38.8 Å². The van der Waals surface area contributed by atoms with Gasteiger partial charge in [0.25, 0.3) is 0 Å². The summed E-state index contributed by atoms with van der Waals surface area (Å²) in [6.07, 6.45) is 19.7. The molecule has 2 aromatic heterocycles. The number of hydrogen-bond donors (Lipinski definition) is 1. The van der Waals surface area contributed by atoms with Crippen molar-refractivity contribution < 1.29 is 37.7 Å². The van der Waals surface area contributed by atoms with E-state index in [-0.39, 0.29) is 51.7 Å². The molecule has 0 unspecified atom stereocenters. The summed E-state index contributed by atoms with van der Waals surface area (Å²) in [6.45, 7) is 12.9. The Morgan fingerprint density at radius 2 is 1.38 bits per heavy atom. The molecule has 2 fully saturated rings. The molecule has 1 saturated carbocycles. The van der Waals surface area contributed by atoms with Crippen molar-refractivity contribution >= 4 is 46.1 Å². The minimum Gasteiger partial charge on any atom is -1.00 e. The van der Waals surface area contributed by atoms with Crippen molar-refractivity contribution in [1.82, 2.24) is 14.8 Å². The molecule has 9 rings (SSSR count). The molecule has 2 N–H and O–H groups in total. The molecule has 12 heteroatoms. The summed E-state index contributed by atoms with van der Waals surface area (Å²) in [5, 5.41) is 5.10. The van der Waals surface area contributed by atoms with Crippen molar-refractivity contribution in [3.05, 3.63) is 165 Å². The van der Waals surface area contributed by atoms with Crippen molar-refractivity contribution in [3.8, 4) is 16.9 Å². The Balaban J connectivity index is 0.00000576. The number of halogens is 4. The average molecular weight is 1020 g/mol. The van der Waals surface area contributed by atoms with Crippen molar-refractivity contribution in [3.63, 3.8) is 0 Å². The van der Waals surface area contributed by atoms with Crippen LogP contribution in [0.25, 0.3) is 11.1 Å². The number of aromatic nitrogens is 3. The van der Waals surface area contributed by atoms with Gasteiger partial charge in [-0.3, -0.25) is 4.68 Å². The van der Waals surface area contributed by atoms with Crippen molar-refractivity contribution in [2.24, 2.45) is 0 Å². The monoisotopic (exact) mass is 1020 g/mol. The summed E-state index contributed by atoms with van der Waals surface area (Å²) in [4.78, 5) is 9.16. The van der Waals surface area contributed by atoms with Crippen molar-refractivity contribution in [2.75, 3.05) is 42.7 Å². The molecule has 0 radical (unpaired) electrons. The van der Waals surface area contributed by atoms with E-state index in [1.807, 2.05) is 12.3 Å². The maximum absolute atomic E-state index is 14.3. The number of fused-ring (bicyclic) bond motifs is 2. The first-order chi connectivity index (χ1) is 30.6. The molecule has 3 aliphatic heterocycles. The molecule has 65 heavy (non-hydrogen) atoms. The highest BCUT2D eigenvalue weighted by atomic mass is 127. The number of para-hydroxylation sites is 2. The summed E-state index contributed by atoms with van der Waals surface area (Å²) < 4.78 is 25.3. The lowest BCUT2D eigenvalue weighted by Gasteiger charge is -2.27. The van der Waals surface area contributed by atoms with Crippen LogP contribution < -0.4 is 44.2 Å². The third-order valence-corrected chi connectivity index (χ3v) is 14.7. The fourth-order valence-corrected chi connectivity index (χ4v) is 11.2. The van der Waals surface area contributed by atoms with Crippen LogP contribution in [0.15, 0.2) is 132 Å². The van der Waals surface area contributed by atoms with Gasteiger partial charge in [-0.25, -0.2) is 13.9 Å². The largest absolute Gasteiger partial charge is 1.00 e. The van der Waals surface area contributed by atoms with Gasteiger partial charge in [-0.1, -0.05) is 99.4 Å². The van der Waals surface area contributed by atoms with Gasteiger partial charge in [0.05, 0.1) is 17.3 Å². The molecular formula is C53H57Cl2FIN7O. The van der Waals surface area contributed by atoms with Gasteiger partial charge in [0, 0.05) is 106 Å². The number of ether oxygens (including phenoxy) is 1. The Labute approximate surface area is 410 Å². The first-order valence-corrected chi connectivity index (χ1v) is 23.1. The van der Waals surface area contributed by atoms with Crippen LogP contribution in [0.3, 0.4) is 0 Å². The first kappa shape index (κ1) is 46.6. The zero-order valence-electron chi connectivity index (χ0n) is 38.2. The highest BCUT2D eigenvalue weighted by Gasteiger charge is 2.40. The first-order valence-electron chi connectivity index (χ1n) is 22.4. The van der Waals surface area contributed by atoms with E-state index in [1.165, 1.54) is 62.9 Å². The highest BCUT2D eigenvalue weighted by molar-refractivity contribution is 6.36. The van der Waals surface area contributed by atoms with E-state index in [1.54, 1.807) is 13.1 Å². The van der Waals surface area contributed by atoms with Crippen LogP contribution in [0, 0.1) is 5.82 Å². The SMILES string of the molecule is C[C@@H](Oc1cc(-c2cnn(C3CC[N+](=C4/C(=C/C=C5/N(C)c6ccccc6C5(C)C)CCC/C4=C\C=C4\N(C)c5ccccc5C4(C)C)CC3)c2)cnc1N)c1c(Cl)ccc(F)c1Cl.[I-]. The van der Waals surface area contributed by atoms with Crippen LogP contribution in [0.1, 0.15) is 95.6 Å². The number of pyridine rings is 1. The highest BCUT2D eigenvalue weighted by Crippen LogP contribution is 2.48. The number of nitrogen functional groups attached to an aromatic ring is 1. The number of nitrogens with two attached hydrogens (primary N) is 1. The topological polar surface area (TPSA) is 75.5 Å². The molecule has 0 bridgehead atoms. The number of rotatable bonds is 7. The van der Waals surface area contributed by atoms with Gasteiger partial charge >= 0.3 is 0 Å². The van der Waals surface area contributed by atoms with E-state index in [0.717, 1.165) is 56.3 Å². The van der Waals surface area contributed by atoms with Gasteiger partial charge in [0.2, 0.25) is 5.71 Å². The smallest absolute Gasteiger partial charge is 0.206 e. The molecule has 338 valence electrons. The fourth-order valence-electron chi connectivity index (χ4n) is 10.5. The number of likely N-dealkylation sites (N-methyl/N-ethyl adjacent to an activating group) is 2. The van der Waals surface area contributed by atoms with Gasteiger partial charge in [-0.2, -0.15) is 5.10 Å². The number of piperidine rings is 1. The second-order valence-corrected chi connectivity index (χ2v) is 19.4. The Hall–Kier alpha value is -4.91. The van der Waals surface area contributed by atoms with Crippen LogP contribution in [-0.4, -0.2) is 52.2 Å². The molecule has 1 saturated heterocycles. The van der Waals surface area contributed by atoms with Crippen LogP contribution >= 0.6 is 23.2 Å². The third kappa shape index (κ3) is 8.55. The number of hydrogen-bond acceptors (Lipinski definition) is 6. The molecule has 3 aromatic carbocycles. The number of anilines is 3. The van der Waals surface area contributed by atoms with Crippen molar-refractivity contribution in [2.45, 2.75) is 89.7 Å². The summed E-state index contributed by atoms with van der Waals surface area (Å²) >= 11 is 12.7. The van der Waals surface area contributed by atoms with Crippen LogP contribution in [0.2, 0.25) is 10.0 Å². The molecular weight excluding hydrogens is 967 g/mol. The van der Waals surface area contributed by atoms with Gasteiger partial charge in [0.15, 0.2) is 11.6 Å². The molecule has 5 heterocycles. The minimum atomic E-state index is -0.676. The standard InChI is InChI=1S/C53H57Cl2FN7O.HI/c1-33(48-41(54)21-22-42(56)49(48)55)64-45-29-36(30-58-51(45)57)37-31-59-63(32-37)38-25-27-62(28-26-38)50-34(19-23-46-52(2,3)39-15-8-10-17-43(39)60(46)6)13-12-14-35(50)20-24-47-53(4,5)40-16-9-11-18-44(40)61(47)7;/h8-11,15-24,29-33,38H,12-14,25-28H2,1-7H3,(H2,57,58);1H/q+1;/p-1/t33-;/m1./s1. The fraction of sp³-hybridized carbons (Fsp3) is 0.340. The van der Waals surface area contributed by atoms with Gasteiger partial charge in [-0.15, -0.1) is 0 Å². The maximum Gasteiger partial charge on any atom is 0.206 e. The Kier molecular flexibility index (Phi) is 13.2. The lowest BCUT2D eigenvalue weighted by molar-refractivity contribution is -0.539. The van der Waals surface area contributed by atoms with E-state index < -0.39 is 11.9 Å². The number of benzene rings is 3. The quantitative estimate of drug-likeness (QED) is 0.0996. The number of allylic oxidation sites excluding steroid dienone is 8. The number of nitrogens with zero attached hydrogens (tertiary/aromatic N) is 6. The van der Waals surface area contributed by atoms with E-state index in [2.05, 4.69) is 145 Å². The molecule has 1 aliphatic carbocycles. The normalized spacial score (nSPS) is 21.8. The van der Waals surface area contributed by atoms with Gasteiger partial charge < -0.3 is 44.2 Å². The maximum atomic E-state index is 14.3. The van der Waals surface area contributed by atoms with E-state index >= 15 is 0 Å². The van der Waals surface area contributed by atoms with Crippen LogP contribution in [0.5, 0.6) is 5.75 Å². The van der Waals surface area contributed by atoms with Crippen LogP contribution in [0.4, 0.5) is 21.6 Å².